The molecule has 1 aromatic heterocycles. The van der Waals surface area contributed by atoms with Gasteiger partial charge in [-0.15, -0.1) is 0 Å². The molecule has 3 nitrogen and oxygen atoms in total. The molecular weight excluding hydrogens is 232 g/mol. The van der Waals surface area contributed by atoms with E-state index in [9.17, 15) is 0 Å². The van der Waals surface area contributed by atoms with Crippen LogP contribution in [0.1, 0.15) is 23.9 Å². The van der Waals surface area contributed by atoms with Crippen molar-refractivity contribution >= 4 is 23.7 Å². The maximum absolute atomic E-state index is 5.48. The van der Waals surface area contributed by atoms with Crippen molar-refractivity contribution in [1.82, 2.24) is 9.88 Å². The first-order valence-electron chi connectivity index (χ1n) is 5.76. The molecule has 0 saturated carbocycles. The molecule has 1 unspecified atom stereocenters. The third kappa shape index (κ3) is 2.64. The Labute approximate surface area is 107 Å². The number of benzene rings is 1. The summed E-state index contributed by atoms with van der Waals surface area (Å²) in [7, 11) is 4.18. The Morgan fingerprint density at radius 2 is 2.18 bits per heavy atom. The van der Waals surface area contributed by atoms with Crippen LogP contribution in [0.4, 0.5) is 0 Å². The minimum atomic E-state index is 0.383. The van der Waals surface area contributed by atoms with Gasteiger partial charge in [0.05, 0.1) is 0 Å². The van der Waals surface area contributed by atoms with Crippen molar-refractivity contribution in [2.75, 3.05) is 19.8 Å². The van der Waals surface area contributed by atoms with Crippen molar-refractivity contribution in [1.29, 1.82) is 0 Å². The second kappa shape index (κ2) is 5.10. The topological polar surface area (TPSA) is 29.3 Å². The number of fused-ring (bicyclic) bond motifs is 1. The Balaban J connectivity index is 2.39. The fraction of sp³-hybridized carbons (Fsp3) is 0.462. The zero-order valence-electron chi connectivity index (χ0n) is 10.5. The molecule has 4 heteroatoms. The summed E-state index contributed by atoms with van der Waals surface area (Å²) in [5.41, 5.74) is 3.06. The van der Waals surface area contributed by atoms with Gasteiger partial charge in [0.1, 0.15) is 5.52 Å². The minimum Gasteiger partial charge on any atom is -0.441 e. The number of hydrogen-bond acceptors (Lipinski definition) is 4. The molecule has 0 aliphatic rings. The summed E-state index contributed by atoms with van der Waals surface area (Å²) in [5, 5.41) is 0. The van der Waals surface area contributed by atoms with Crippen LogP contribution in [-0.4, -0.2) is 29.7 Å². The zero-order valence-corrected chi connectivity index (χ0v) is 11.4. The van der Waals surface area contributed by atoms with E-state index < -0.39 is 0 Å². The van der Waals surface area contributed by atoms with Crippen molar-refractivity contribution in [3.63, 3.8) is 0 Å². The molecule has 92 valence electrons. The van der Waals surface area contributed by atoms with Crippen LogP contribution in [-0.2, 0) is 0 Å². The van der Waals surface area contributed by atoms with Gasteiger partial charge in [-0.05, 0) is 44.0 Å². The SMILES string of the molecule is Cc1nc2cc(C(CCS)N(C)C)ccc2o1. The van der Waals surface area contributed by atoms with E-state index in [1.54, 1.807) is 0 Å². The monoisotopic (exact) mass is 250 g/mol. The molecule has 17 heavy (non-hydrogen) atoms. The van der Waals surface area contributed by atoms with E-state index in [2.05, 4.69) is 48.7 Å². The van der Waals surface area contributed by atoms with E-state index in [0.717, 1.165) is 23.3 Å². The number of aromatic nitrogens is 1. The summed E-state index contributed by atoms with van der Waals surface area (Å²) in [6.07, 6.45) is 1.03. The molecule has 1 aromatic carbocycles. The van der Waals surface area contributed by atoms with Gasteiger partial charge in [0.2, 0.25) is 0 Å². The highest BCUT2D eigenvalue weighted by atomic mass is 32.1. The molecule has 0 aliphatic carbocycles. The maximum Gasteiger partial charge on any atom is 0.192 e. The van der Waals surface area contributed by atoms with E-state index in [0.29, 0.717) is 11.9 Å². The molecule has 2 aromatic rings. The van der Waals surface area contributed by atoms with Crippen LogP contribution in [0.2, 0.25) is 0 Å². The zero-order chi connectivity index (χ0) is 12.4. The van der Waals surface area contributed by atoms with Crippen LogP contribution in [0, 0.1) is 6.92 Å². The highest BCUT2D eigenvalue weighted by Crippen LogP contribution is 2.26. The van der Waals surface area contributed by atoms with Crippen LogP contribution < -0.4 is 0 Å². The van der Waals surface area contributed by atoms with Crippen LogP contribution >= 0.6 is 12.6 Å². The molecule has 0 bridgehead atoms. The molecule has 0 aliphatic heterocycles. The Bertz CT molecular complexity index is 507. The fourth-order valence-electron chi connectivity index (χ4n) is 2.11. The molecule has 0 spiro atoms. The summed E-state index contributed by atoms with van der Waals surface area (Å²) >= 11 is 4.32. The number of thiol groups is 1. The lowest BCUT2D eigenvalue weighted by Gasteiger charge is -2.24. The number of rotatable bonds is 4. The van der Waals surface area contributed by atoms with Crippen molar-refractivity contribution in [2.45, 2.75) is 19.4 Å². The molecule has 0 saturated heterocycles. The van der Waals surface area contributed by atoms with Gasteiger partial charge in [-0.2, -0.15) is 12.6 Å². The Kier molecular flexibility index (Phi) is 3.74. The van der Waals surface area contributed by atoms with Crippen molar-refractivity contribution in [3.05, 3.63) is 29.7 Å². The number of aryl methyl sites for hydroxylation is 1. The lowest BCUT2D eigenvalue weighted by molar-refractivity contribution is 0.294. The average Bonchev–Trinajstić information content (AvgIpc) is 2.64. The molecule has 1 heterocycles. The molecule has 0 fully saturated rings. The molecule has 2 rings (SSSR count). The second-order valence-corrected chi connectivity index (χ2v) is 4.90. The lowest BCUT2D eigenvalue weighted by atomic mass is 10.0. The third-order valence-electron chi connectivity index (χ3n) is 2.93. The van der Waals surface area contributed by atoms with Crippen molar-refractivity contribution < 1.29 is 4.42 Å². The summed E-state index contributed by atoms with van der Waals surface area (Å²) in [5.74, 6) is 1.59. The highest BCUT2D eigenvalue weighted by Gasteiger charge is 2.14. The van der Waals surface area contributed by atoms with Gasteiger partial charge in [0.25, 0.3) is 0 Å². The van der Waals surface area contributed by atoms with Gasteiger partial charge in [0.15, 0.2) is 11.5 Å². The average molecular weight is 250 g/mol. The van der Waals surface area contributed by atoms with Gasteiger partial charge in [0, 0.05) is 13.0 Å². The molecule has 0 N–H and O–H groups in total. The smallest absolute Gasteiger partial charge is 0.192 e. The van der Waals surface area contributed by atoms with E-state index in [1.807, 2.05) is 13.0 Å². The number of nitrogens with zero attached hydrogens (tertiary/aromatic N) is 2. The Morgan fingerprint density at radius 1 is 1.41 bits per heavy atom. The van der Waals surface area contributed by atoms with E-state index in [-0.39, 0.29) is 0 Å². The fourth-order valence-corrected chi connectivity index (χ4v) is 2.36. The van der Waals surface area contributed by atoms with Crippen molar-refractivity contribution in [3.8, 4) is 0 Å². The highest BCUT2D eigenvalue weighted by molar-refractivity contribution is 7.80. The molecule has 1 atom stereocenters. The lowest BCUT2D eigenvalue weighted by Crippen LogP contribution is -2.20. The van der Waals surface area contributed by atoms with Crippen LogP contribution in [0.25, 0.3) is 11.1 Å². The van der Waals surface area contributed by atoms with E-state index >= 15 is 0 Å². The Morgan fingerprint density at radius 3 is 2.82 bits per heavy atom. The molecule has 0 radical (unpaired) electrons. The van der Waals surface area contributed by atoms with E-state index in [4.69, 9.17) is 4.42 Å². The predicted octanol–water partition coefficient (Wildman–Crippen LogP) is 3.06. The van der Waals surface area contributed by atoms with Crippen LogP contribution in [0.5, 0.6) is 0 Å². The predicted molar refractivity (Wildman–Crippen MR) is 73.6 cm³/mol. The standard InChI is InChI=1S/C13H18N2OS/c1-9-14-11-8-10(4-5-13(11)16-9)12(6-7-17)15(2)3/h4-5,8,12,17H,6-7H2,1-3H3. The first kappa shape index (κ1) is 12.5. The van der Waals surface area contributed by atoms with E-state index in [1.165, 1.54) is 5.56 Å². The van der Waals surface area contributed by atoms with Gasteiger partial charge < -0.3 is 9.32 Å². The van der Waals surface area contributed by atoms with Crippen molar-refractivity contribution in [2.24, 2.45) is 0 Å². The molecular formula is C13H18N2OS. The quantitative estimate of drug-likeness (QED) is 0.846. The summed E-state index contributed by atoms with van der Waals surface area (Å²) in [4.78, 5) is 6.58. The van der Waals surface area contributed by atoms with Gasteiger partial charge in [-0.25, -0.2) is 4.98 Å². The van der Waals surface area contributed by atoms with Gasteiger partial charge >= 0.3 is 0 Å². The van der Waals surface area contributed by atoms with Crippen LogP contribution in [0.3, 0.4) is 0 Å². The van der Waals surface area contributed by atoms with Crippen LogP contribution in [0.15, 0.2) is 22.6 Å². The first-order chi connectivity index (χ1) is 8.11. The Hall–Kier alpha value is -1.00. The largest absolute Gasteiger partial charge is 0.441 e. The van der Waals surface area contributed by atoms with Gasteiger partial charge in [-0.3, -0.25) is 0 Å². The number of oxazole rings is 1. The first-order valence-corrected chi connectivity index (χ1v) is 6.39. The summed E-state index contributed by atoms with van der Waals surface area (Å²) in [6.45, 7) is 1.87. The molecule has 0 amide bonds. The summed E-state index contributed by atoms with van der Waals surface area (Å²) in [6, 6.07) is 6.61. The second-order valence-electron chi connectivity index (χ2n) is 4.45. The minimum absolute atomic E-state index is 0.383. The van der Waals surface area contributed by atoms with Gasteiger partial charge in [-0.1, -0.05) is 6.07 Å². The summed E-state index contributed by atoms with van der Waals surface area (Å²) < 4.78 is 5.48. The number of hydrogen-bond donors (Lipinski definition) is 1. The third-order valence-corrected chi connectivity index (χ3v) is 3.19. The normalized spacial score (nSPS) is 13.5. The maximum atomic E-state index is 5.48.